The summed E-state index contributed by atoms with van der Waals surface area (Å²) in [7, 11) is 0. The van der Waals surface area contributed by atoms with Crippen LogP contribution < -0.4 is 5.73 Å². The van der Waals surface area contributed by atoms with Crippen LogP contribution in [0.25, 0.3) is 0 Å². The van der Waals surface area contributed by atoms with Crippen LogP contribution in [0.5, 0.6) is 0 Å². The Morgan fingerprint density at radius 1 is 1.33 bits per heavy atom. The molecule has 72 valence electrons. The molecule has 1 saturated carbocycles. The second-order valence-electron chi connectivity index (χ2n) is 4.01. The van der Waals surface area contributed by atoms with Gasteiger partial charge in [0.2, 0.25) is 0 Å². The van der Waals surface area contributed by atoms with Gasteiger partial charge in [0.15, 0.2) is 0 Å². The van der Waals surface area contributed by atoms with Crippen LogP contribution >= 0.6 is 0 Å². The summed E-state index contributed by atoms with van der Waals surface area (Å²) in [6.07, 6.45) is 6.56. The van der Waals surface area contributed by atoms with E-state index in [1.54, 1.807) is 0 Å². The maximum atomic E-state index is 10.3. The zero-order chi connectivity index (χ0) is 9.03. The van der Waals surface area contributed by atoms with Crippen molar-refractivity contribution in [1.82, 2.24) is 0 Å². The van der Waals surface area contributed by atoms with E-state index in [0.29, 0.717) is 12.5 Å². The molecular weight excluding hydrogens is 150 g/mol. The average Bonchev–Trinajstić information content (AvgIpc) is 2.07. The monoisotopic (exact) mass is 171 g/mol. The number of hydrogen-bond donors (Lipinski definition) is 2. The van der Waals surface area contributed by atoms with Gasteiger partial charge in [-0.25, -0.2) is 0 Å². The first kappa shape index (κ1) is 10.0. The molecule has 0 heterocycles. The molecule has 0 aromatic heterocycles. The van der Waals surface area contributed by atoms with E-state index in [4.69, 9.17) is 5.73 Å². The number of nitrogens with two attached hydrogens (primary N) is 1. The summed E-state index contributed by atoms with van der Waals surface area (Å²) in [6.45, 7) is 2.75. The fourth-order valence-corrected chi connectivity index (χ4v) is 2.34. The quantitative estimate of drug-likeness (QED) is 0.678. The van der Waals surface area contributed by atoms with Gasteiger partial charge >= 0.3 is 0 Å². The highest BCUT2D eigenvalue weighted by atomic mass is 16.3. The van der Waals surface area contributed by atoms with Crippen molar-refractivity contribution in [2.45, 2.75) is 51.0 Å². The van der Waals surface area contributed by atoms with Crippen LogP contribution in [0.15, 0.2) is 0 Å². The molecule has 0 amide bonds. The van der Waals surface area contributed by atoms with Crippen LogP contribution in [-0.2, 0) is 0 Å². The Kier molecular flexibility index (Phi) is 3.53. The molecule has 0 aliphatic heterocycles. The van der Waals surface area contributed by atoms with Gasteiger partial charge in [0, 0.05) is 0 Å². The summed E-state index contributed by atoms with van der Waals surface area (Å²) >= 11 is 0. The highest BCUT2D eigenvalue weighted by Crippen LogP contribution is 2.35. The van der Waals surface area contributed by atoms with Crippen LogP contribution in [0.1, 0.15) is 45.4 Å². The summed E-state index contributed by atoms with van der Waals surface area (Å²) in [5.41, 5.74) is 5.21. The Labute approximate surface area is 75.2 Å². The Hall–Kier alpha value is -0.0800. The predicted molar refractivity (Wildman–Crippen MR) is 50.9 cm³/mol. The van der Waals surface area contributed by atoms with Crippen molar-refractivity contribution in [2.24, 2.45) is 11.7 Å². The molecule has 1 rings (SSSR count). The van der Waals surface area contributed by atoms with Crippen LogP contribution in [0.2, 0.25) is 0 Å². The first-order valence-electron chi connectivity index (χ1n) is 5.15. The summed E-state index contributed by atoms with van der Waals surface area (Å²) in [5, 5.41) is 10.3. The third kappa shape index (κ3) is 1.99. The molecule has 2 heteroatoms. The second-order valence-corrected chi connectivity index (χ2v) is 4.01. The van der Waals surface area contributed by atoms with Crippen LogP contribution in [0, 0.1) is 5.92 Å². The molecule has 1 aliphatic carbocycles. The first-order chi connectivity index (χ1) is 5.73. The molecule has 1 atom stereocenters. The molecule has 1 unspecified atom stereocenters. The highest BCUT2D eigenvalue weighted by Gasteiger charge is 2.35. The van der Waals surface area contributed by atoms with Crippen molar-refractivity contribution in [3.63, 3.8) is 0 Å². The van der Waals surface area contributed by atoms with Gasteiger partial charge in [0.1, 0.15) is 0 Å². The minimum Gasteiger partial charge on any atom is -0.390 e. The summed E-state index contributed by atoms with van der Waals surface area (Å²) in [6, 6.07) is 0. The molecule has 12 heavy (non-hydrogen) atoms. The zero-order valence-electron chi connectivity index (χ0n) is 8.05. The third-order valence-corrected chi connectivity index (χ3v) is 3.26. The predicted octanol–water partition coefficient (Wildman–Crippen LogP) is 1.67. The topological polar surface area (TPSA) is 46.2 Å². The molecule has 2 nitrogen and oxygen atoms in total. The van der Waals surface area contributed by atoms with Gasteiger partial charge in [-0.2, -0.15) is 0 Å². The lowest BCUT2D eigenvalue weighted by Gasteiger charge is -2.38. The van der Waals surface area contributed by atoms with Crippen molar-refractivity contribution >= 4 is 0 Å². The van der Waals surface area contributed by atoms with Crippen LogP contribution in [-0.4, -0.2) is 17.3 Å². The van der Waals surface area contributed by atoms with Gasteiger partial charge in [-0.15, -0.1) is 0 Å². The first-order valence-corrected chi connectivity index (χ1v) is 5.15. The minimum absolute atomic E-state index is 0.317. The van der Waals surface area contributed by atoms with E-state index in [-0.39, 0.29) is 0 Å². The lowest BCUT2D eigenvalue weighted by Crippen LogP contribution is -2.43. The van der Waals surface area contributed by atoms with Gasteiger partial charge in [0.25, 0.3) is 0 Å². The van der Waals surface area contributed by atoms with Crippen LogP contribution in [0.3, 0.4) is 0 Å². The third-order valence-electron chi connectivity index (χ3n) is 3.26. The molecule has 0 radical (unpaired) electrons. The maximum Gasteiger partial charge on any atom is 0.0687 e. The smallest absolute Gasteiger partial charge is 0.0687 e. The van der Waals surface area contributed by atoms with E-state index in [1.807, 2.05) is 0 Å². The van der Waals surface area contributed by atoms with E-state index in [9.17, 15) is 5.11 Å². The number of aliphatic hydroxyl groups is 1. The van der Waals surface area contributed by atoms with Gasteiger partial charge in [0.05, 0.1) is 5.60 Å². The van der Waals surface area contributed by atoms with E-state index >= 15 is 0 Å². The highest BCUT2D eigenvalue weighted by molar-refractivity contribution is 4.88. The Balaban J connectivity index is 2.53. The maximum absolute atomic E-state index is 10.3. The SMILES string of the molecule is CCC(CN)C1(O)CCCCC1. The van der Waals surface area contributed by atoms with Crippen molar-refractivity contribution in [3.05, 3.63) is 0 Å². The van der Waals surface area contributed by atoms with Crippen LogP contribution in [0.4, 0.5) is 0 Å². The largest absolute Gasteiger partial charge is 0.390 e. The number of hydrogen-bond acceptors (Lipinski definition) is 2. The van der Waals surface area contributed by atoms with Gasteiger partial charge in [-0.05, 0) is 31.7 Å². The Morgan fingerprint density at radius 3 is 2.33 bits per heavy atom. The molecule has 1 aliphatic rings. The summed E-state index contributed by atoms with van der Waals surface area (Å²) in [5.74, 6) is 0.317. The molecule has 0 saturated heterocycles. The van der Waals surface area contributed by atoms with Gasteiger partial charge in [-0.3, -0.25) is 0 Å². The Bertz CT molecular complexity index is 126. The minimum atomic E-state index is -0.429. The average molecular weight is 171 g/mol. The molecule has 0 aromatic carbocycles. The Morgan fingerprint density at radius 2 is 1.92 bits per heavy atom. The van der Waals surface area contributed by atoms with Gasteiger partial charge in [-0.1, -0.05) is 26.2 Å². The second kappa shape index (κ2) is 4.24. The van der Waals surface area contributed by atoms with Crippen molar-refractivity contribution < 1.29 is 5.11 Å². The van der Waals surface area contributed by atoms with Crippen molar-refractivity contribution in [3.8, 4) is 0 Å². The van der Waals surface area contributed by atoms with E-state index < -0.39 is 5.60 Å². The van der Waals surface area contributed by atoms with Crippen molar-refractivity contribution in [2.75, 3.05) is 6.54 Å². The fourth-order valence-electron chi connectivity index (χ4n) is 2.34. The summed E-state index contributed by atoms with van der Waals surface area (Å²) < 4.78 is 0. The standard InChI is InChI=1S/C10H21NO/c1-2-9(8-11)10(12)6-4-3-5-7-10/h9,12H,2-8,11H2,1H3. The van der Waals surface area contributed by atoms with Crippen molar-refractivity contribution in [1.29, 1.82) is 0 Å². The molecule has 0 aromatic rings. The molecular formula is C10H21NO. The fraction of sp³-hybridized carbons (Fsp3) is 1.00. The van der Waals surface area contributed by atoms with Gasteiger partial charge < -0.3 is 10.8 Å². The lowest BCUT2D eigenvalue weighted by atomic mass is 9.74. The van der Waals surface area contributed by atoms with E-state index in [2.05, 4.69) is 6.92 Å². The molecule has 0 bridgehead atoms. The molecule has 3 N–H and O–H groups in total. The van der Waals surface area contributed by atoms with E-state index in [1.165, 1.54) is 19.3 Å². The number of rotatable bonds is 3. The lowest BCUT2D eigenvalue weighted by molar-refractivity contribution is -0.0473. The summed E-state index contributed by atoms with van der Waals surface area (Å²) in [4.78, 5) is 0. The normalized spacial score (nSPS) is 25.2. The zero-order valence-corrected chi connectivity index (χ0v) is 8.05. The van der Waals surface area contributed by atoms with E-state index in [0.717, 1.165) is 19.3 Å². The molecule has 1 fully saturated rings. The molecule has 0 spiro atoms.